The van der Waals surface area contributed by atoms with E-state index in [9.17, 15) is 13.2 Å². The fourth-order valence-corrected chi connectivity index (χ4v) is 1.80. The minimum absolute atomic E-state index is 0.240. The van der Waals surface area contributed by atoms with Gasteiger partial charge in [0.15, 0.2) is 0 Å². The second-order valence-corrected chi connectivity index (χ2v) is 3.56. The molecule has 1 rings (SSSR count). The van der Waals surface area contributed by atoms with E-state index < -0.39 is 12.7 Å². The van der Waals surface area contributed by atoms with Crippen LogP contribution in [0.3, 0.4) is 0 Å². The standard InChI is InChI=1S/C10H16F3N3/c1-3-8-7(5-14)9(4-2)16(15-8)6-10(11,12)13/h3-6,14H2,1-2H3. The minimum atomic E-state index is -4.24. The van der Waals surface area contributed by atoms with Crippen molar-refractivity contribution in [3.63, 3.8) is 0 Å². The van der Waals surface area contributed by atoms with E-state index in [1.807, 2.05) is 13.8 Å². The van der Waals surface area contributed by atoms with Crippen molar-refractivity contribution in [2.24, 2.45) is 5.73 Å². The normalized spacial score (nSPS) is 12.1. The van der Waals surface area contributed by atoms with Crippen molar-refractivity contribution in [2.75, 3.05) is 0 Å². The lowest BCUT2D eigenvalue weighted by atomic mass is 10.1. The van der Waals surface area contributed by atoms with Gasteiger partial charge in [0.25, 0.3) is 0 Å². The molecule has 2 N–H and O–H groups in total. The third-order valence-corrected chi connectivity index (χ3v) is 2.45. The molecule has 0 amide bonds. The van der Waals surface area contributed by atoms with Gasteiger partial charge in [-0.3, -0.25) is 4.68 Å². The van der Waals surface area contributed by atoms with Gasteiger partial charge in [0.1, 0.15) is 6.54 Å². The molecule has 1 aromatic heterocycles. The average molecular weight is 235 g/mol. The molecule has 6 heteroatoms. The topological polar surface area (TPSA) is 43.8 Å². The number of hydrogen-bond acceptors (Lipinski definition) is 2. The van der Waals surface area contributed by atoms with E-state index in [0.29, 0.717) is 24.2 Å². The van der Waals surface area contributed by atoms with Crippen LogP contribution in [0.4, 0.5) is 13.2 Å². The van der Waals surface area contributed by atoms with Gasteiger partial charge in [-0.05, 0) is 12.8 Å². The molecule has 0 aliphatic rings. The fraction of sp³-hybridized carbons (Fsp3) is 0.700. The van der Waals surface area contributed by atoms with E-state index in [0.717, 1.165) is 10.2 Å². The van der Waals surface area contributed by atoms with Gasteiger partial charge in [-0.25, -0.2) is 0 Å². The molecule has 92 valence electrons. The summed E-state index contributed by atoms with van der Waals surface area (Å²) in [5.74, 6) is 0. The number of hydrogen-bond donors (Lipinski definition) is 1. The number of rotatable bonds is 4. The quantitative estimate of drug-likeness (QED) is 0.867. The molecule has 0 saturated carbocycles. The van der Waals surface area contributed by atoms with Crippen molar-refractivity contribution in [1.82, 2.24) is 9.78 Å². The highest BCUT2D eigenvalue weighted by molar-refractivity contribution is 5.26. The van der Waals surface area contributed by atoms with Gasteiger partial charge >= 0.3 is 6.18 Å². The third kappa shape index (κ3) is 2.75. The summed E-state index contributed by atoms with van der Waals surface area (Å²) >= 11 is 0. The van der Waals surface area contributed by atoms with Crippen LogP contribution in [0.1, 0.15) is 30.8 Å². The average Bonchev–Trinajstić information content (AvgIpc) is 2.52. The van der Waals surface area contributed by atoms with Crippen molar-refractivity contribution in [2.45, 2.75) is 46.0 Å². The summed E-state index contributed by atoms with van der Waals surface area (Å²) in [4.78, 5) is 0. The van der Waals surface area contributed by atoms with Gasteiger partial charge in [0, 0.05) is 17.8 Å². The molecule has 0 aromatic carbocycles. The Morgan fingerprint density at radius 1 is 1.25 bits per heavy atom. The van der Waals surface area contributed by atoms with Gasteiger partial charge < -0.3 is 5.73 Å². The lowest BCUT2D eigenvalue weighted by Crippen LogP contribution is -2.20. The second kappa shape index (κ2) is 4.86. The van der Waals surface area contributed by atoms with Crippen LogP contribution < -0.4 is 5.73 Å². The lowest BCUT2D eigenvalue weighted by molar-refractivity contribution is -0.143. The Bertz CT molecular complexity index is 355. The summed E-state index contributed by atoms with van der Waals surface area (Å²) in [5.41, 5.74) is 7.57. The predicted octanol–water partition coefficient (Wildman–Crippen LogP) is 2.03. The third-order valence-electron chi connectivity index (χ3n) is 2.45. The maximum atomic E-state index is 12.3. The molecule has 0 fully saturated rings. The molecule has 1 heterocycles. The zero-order chi connectivity index (χ0) is 12.3. The van der Waals surface area contributed by atoms with E-state index in [-0.39, 0.29) is 6.54 Å². The monoisotopic (exact) mass is 235 g/mol. The van der Waals surface area contributed by atoms with E-state index in [1.54, 1.807) is 0 Å². The molecule has 0 bridgehead atoms. The smallest absolute Gasteiger partial charge is 0.326 e. The van der Waals surface area contributed by atoms with Crippen LogP contribution in [0.5, 0.6) is 0 Å². The molecule has 0 spiro atoms. The first-order valence-electron chi connectivity index (χ1n) is 5.27. The van der Waals surface area contributed by atoms with E-state index in [2.05, 4.69) is 5.10 Å². The lowest BCUT2D eigenvalue weighted by Gasteiger charge is -2.09. The van der Waals surface area contributed by atoms with Crippen LogP contribution in [0.2, 0.25) is 0 Å². The molecular weight excluding hydrogens is 219 g/mol. The van der Waals surface area contributed by atoms with Crippen molar-refractivity contribution >= 4 is 0 Å². The van der Waals surface area contributed by atoms with Crippen molar-refractivity contribution in [3.8, 4) is 0 Å². The second-order valence-electron chi connectivity index (χ2n) is 3.56. The van der Waals surface area contributed by atoms with Crippen LogP contribution >= 0.6 is 0 Å². The molecule has 0 saturated heterocycles. The number of halogens is 3. The largest absolute Gasteiger partial charge is 0.408 e. The maximum absolute atomic E-state index is 12.3. The van der Waals surface area contributed by atoms with Crippen molar-refractivity contribution in [3.05, 3.63) is 17.0 Å². The molecule has 0 aliphatic heterocycles. The first kappa shape index (κ1) is 13.0. The van der Waals surface area contributed by atoms with Gasteiger partial charge in [-0.1, -0.05) is 13.8 Å². The number of nitrogens with zero attached hydrogens (tertiary/aromatic N) is 2. The van der Waals surface area contributed by atoms with Crippen LogP contribution in [0.25, 0.3) is 0 Å². The first-order chi connectivity index (χ1) is 7.42. The highest BCUT2D eigenvalue weighted by Gasteiger charge is 2.30. The Morgan fingerprint density at radius 2 is 1.88 bits per heavy atom. The van der Waals surface area contributed by atoms with Crippen LogP contribution in [-0.2, 0) is 25.9 Å². The minimum Gasteiger partial charge on any atom is -0.326 e. The van der Waals surface area contributed by atoms with Crippen LogP contribution in [0.15, 0.2) is 0 Å². The summed E-state index contributed by atoms with van der Waals surface area (Å²) in [6.07, 6.45) is -3.13. The number of alkyl halides is 3. The summed E-state index contributed by atoms with van der Waals surface area (Å²) in [7, 11) is 0. The number of nitrogens with two attached hydrogens (primary N) is 1. The maximum Gasteiger partial charge on any atom is 0.408 e. The van der Waals surface area contributed by atoms with E-state index >= 15 is 0 Å². The number of aryl methyl sites for hydroxylation is 1. The van der Waals surface area contributed by atoms with Crippen LogP contribution in [0, 0.1) is 0 Å². The van der Waals surface area contributed by atoms with Crippen molar-refractivity contribution < 1.29 is 13.2 Å². The van der Waals surface area contributed by atoms with Gasteiger partial charge in [-0.15, -0.1) is 0 Å². The Labute approximate surface area is 92.4 Å². The fourth-order valence-electron chi connectivity index (χ4n) is 1.80. The molecule has 0 atom stereocenters. The Morgan fingerprint density at radius 3 is 2.25 bits per heavy atom. The zero-order valence-corrected chi connectivity index (χ0v) is 9.43. The number of aromatic nitrogens is 2. The van der Waals surface area contributed by atoms with E-state index in [1.165, 1.54) is 0 Å². The van der Waals surface area contributed by atoms with Gasteiger partial charge in [0.05, 0.1) is 5.69 Å². The zero-order valence-electron chi connectivity index (χ0n) is 9.43. The van der Waals surface area contributed by atoms with Gasteiger partial charge in [0.2, 0.25) is 0 Å². The molecule has 0 radical (unpaired) electrons. The SMILES string of the molecule is CCc1nn(CC(F)(F)F)c(CC)c1CN. The molecule has 0 unspecified atom stereocenters. The Kier molecular flexibility index (Phi) is 3.96. The predicted molar refractivity (Wildman–Crippen MR) is 54.9 cm³/mol. The highest BCUT2D eigenvalue weighted by atomic mass is 19.4. The summed E-state index contributed by atoms with van der Waals surface area (Å²) in [5, 5.41) is 3.97. The first-order valence-corrected chi connectivity index (χ1v) is 5.27. The molecule has 0 aliphatic carbocycles. The Balaban J connectivity index is 3.13. The molecular formula is C10H16F3N3. The summed E-state index contributed by atoms with van der Waals surface area (Å²) in [6.45, 7) is 2.87. The van der Waals surface area contributed by atoms with Crippen LogP contribution in [-0.4, -0.2) is 16.0 Å². The molecule has 16 heavy (non-hydrogen) atoms. The van der Waals surface area contributed by atoms with Gasteiger partial charge in [-0.2, -0.15) is 18.3 Å². The summed E-state index contributed by atoms with van der Waals surface area (Å²) in [6, 6.07) is 0. The molecule has 1 aromatic rings. The van der Waals surface area contributed by atoms with E-state index in [4.69, 9.17) is 5.73 Å². The highest BCUT2D eigenvalue weighted by Crippen LogP contribution is 2.22. The summed E-state index contributed by atoms with van der Waals surface area (Å²) < 4.78 is 38.0. The Hall–Kier alpha value is -1.04. The van der Waals surface area contributed by atoms with Crippen molar-refractivity contribution in [1.29, 1.82) is 0 Å². The molecule has 3 nitrogen and oxygen atoms in total.